The number of aryl methyl sites for hydroxylation is 1. The van der Waals surface area contributed by atoms with Crippen molar-refractivity contribution in [3.63, 3.8) is 0 Å². The second-order valence-electron chi connectivity index (χ2n) is 8.51. The third-order valence-electron chi connectivity index (χ3n) is 6.30. The molecule has 6 nitrogen and oxygen atoms in total. The lowest BCUT2D eigenvalue weighted by molar-refractivity contribution is -0.138. The fourth-order valence-corrected chi connectivity index (χ4v) is 4.30. The number of alkyl halides is 5. The minimum Gasteiger partial charge on any atom is -0.490 e. The van der Waals surface area contributed by atoms with E-state index in [4.69, 9.17) is 4.74 Å². The third-order valence-corrected chi connectivity index (χ3v) is 6.30. The number of aromatic nitrogens is 3. The first-order valence-electron chi connectivity index (χ1n) is 10.6. The Balaban J connectivity index is 1.86. The molecule has 1 fully saturated rings. The summed E-state index contributed by atoms with van der Waals surface area (Å²) in [6.45, 7) is 4.64. The van der Waals surface area contributed by atoms with Crippen LogP contribution < -0.4 is 15.6 Å². The van der Waals surface area contributed by atoms with Gasteiger partial charge in [-0.1, -0.05) is 12.1 Å². The van der Waals surface area contributed by atoms with E-state index in [1.54, 1.807) is 19.9 Å². The Hall–Kier alpha value is -3.24. The average Bonchev–Trinajstić information content (AvgIpc) is 3.54. The normalized spacial score (nSPS) is 16.1. The number of methoxy groups -OCH3 is 1. The van der Waals surface area contributed by atoms with Crippen molar-refractivity contribution in [2.45, 2.75) is 57.8 Å². The minimum absolute atomic E-state index is 0.0641. The molecule has 0 spiro atoms. The molecule has 1 saturated carbocycles. The van der Waals surface area contributed by atoms with Crippen molar-refractivity contribution in [1.82, 2.24) is 14.5 Å². The van der Waals surface area contributed by atoms with Crippen molar-refractivity contribution in [2.24, 2.45) is 0 Å². The van der Waals surface area contributed by atoms with Crippen LogP contribution in [0.15, 0.2) is 29.2 Å². The van der Waals surface area contributed by atoms with E-state index in [-0.39, 0.29) is 46.7 Å². The molecule has 1 aliphatic carbocycles. The smallest absolute Gasteiger partial charge is 0.416 e. The fraction of sp³-hybridized carbons (Fsp3) is 0.435. The Morgan fingerprint density at radius 2 is 1.85 bits per heavy atom. The number of fused-ring (bicyclic) bond motifs is 1. The van der Waals surface area contributed by atoms with Crippen molar-refractivity contribution in [1.29, 1.82) is 0 Å². The molecule has 0 bridgehead atoms. The summed E-state index contributed by atoms with van der Waals surface area (Å²) >= 11 is 0. The van der Waals surface area contributed by atoms with Crippen LogP contribution in [0.3, 0.4) is 0 Å². The summed E-state index contributed by atoms with van der Waals surface area (Å²) in [6.07, 6.45) is -5.72. The molecular weight excluding hydrogens is 459 g/mol. The molecule has 2 heterocycles. The Kier molecular flexibility index (Phi) is 5.77. The molecule has 0 aliphatic heterocycles. The van der Waals surface area contributed by atoms with Crippen LogP contribution in [0.5, 0.6) is 5.75 Å². The van der Waals surface area contributed by atoms with Gasteiger partial charge in [0.2, 0.25) is 5.75 Å². The molecule has 4 rings (SSSR count). The van der Waals surface area contributed by atoms with Crippen LogP contribution >= 0.6 is 0 Å². The molecule has 1 aromatic carbocycles. The van der Waals surface area contributed by atoms with Gasteiger partial charge in [-0.2, -0.15) is 13.2 Å². The van der Waals surface area contributed by atoms with Crippen LogP contribution in [-0.4, -0.2) is 28.1 Å². The minimum atomic E-state index is -4.50. The summed E-state index contributed by atoms with van der Waals surface area (Å²) in [4.78, 5) is 21.6. The summed E-state index contributed by atoms with van der Waals surface area (Å²) < 4.78 is 74.0. The largest absolute Gasteiger partial charge is 0.490 e. The SMILES string of the molecule is COc1c(=O)n(C2(C(F)F)CC2)cc2c(N[C@H](C)c3cccc(C(F)(F)F)c3C)nc(C)nc12. The molecule has 0 saturated heterocycles. The van der Waals surface area contributed by atoms with Gasteiger partial charge >= 0.3 is 6.18 Å². The quantitative estimate of drug-likeness (QED) is 0.479. The predicted molar refractivity (Wildman–Crippen MR) is 117 cm³/mol. The maximum absolute atomic E-state index is 13.8. The van der Waals surface area contributed by atoms with E-state index in [2.05, 4.69) is 15.3 Å². The van der Waals surface area contributed by atoms with E-state index in [9.17, 15) is 26.7 Å². The van der Waals surface area contributed by atoms with Gasteiger partial charge in [-0.3, -0.25) is 9.36 Å². The van der Waals surface area contributed by atoms with Crippen LogP contribution in [0, 0.1) is 13.8 Å². The van der Waals surface area contributed by atoms with Gasteiger partial charge in [0.1, 0.15) is 22.7 Å². The molecule has 1 N–H and O–H groups in total. The highest BCUT2D eigenvalue weighted by atomic mass is 19.4. The second kappa shape index (κ2) is 8.21. The first-order chi connectivity index (χ1) is 15.9. The summed E-state index contributed by atoms with van der Waals surface area (Å²) in [7, 11) is 1.25. The number of rotatable bonds is 6. The van der Waals surface area contributed by atoms with Crippen LogP contribution in [0.1, 0.15) is 48.3 Å². The Morgan fingerprint density at radius 3 is 2.41 bits per heavy atom. The Bertz CT molecular complexity index is 1320. The molecule has 0 amide bonds. The lowest BCUT2D eigenvalue weighted by Crippen LogP contribution is -2.36. The van der Waals surface area contributed by atoms with Gasteiger partial charge < -0.3 is 10.1 Å². The van der Waals surface area contributed by atoms with Crippen LogP contribution in [0.4, 0.5) is 27.8 Å². The number of ether oxygens (including phenoxy) is 1. The van der Waals surface area contributed by atoms with Gasteiger partial charge in [-0.25, -0.2) is 18.7 Å². The van der Waals surface area contributed by atoms with Crippen molar-refractivity contribution >= 4 is 16.7 Å². The lowest BCUT2D eigenvalue weighted by Gasteiger charge is -2.23. The number of nitrogens with one attached hydrogen (secondary N) is 1. The Labute approximate surface area is 191 Å². The number of benzene rings is 1. The molecule has 0 radical (unpaired) electrons. The number of hydrogen-bond acceptors (Lipinski definition) is 5. The van der Waals surface area contributed by atoms with E-state index >= 15 is 0 Å². The summed E-state index contributed by atoms with van der Waals surface area (Å²) in [5, 5.41) is 3.34. The van der Waals surface area contributed by atoms with Crippen molar-refractivity contribution in [3.05, 3.63) is 57.3 Å². The number of nitrogens with zero attached hydrogens (tertiary/aromatic N) is 3. The van der Waals surface area contributed by atoms with Crippen molar-refractivity contribution in [2.75, 3.05) is 12.4 Å². The first-order valence-corrected chi connectivity index (χ1v) is 10.6. The zero-order chi connectivity index (χ0) is 25.0. The predicted octanol–water partition coefficient (Wildman–Crippen LogP) is 5.36. The van der Waals surface area contributed by atoms with E-state index in [1.165, 1.54) is 26.3 Å². The third kappa shape index (κ3) is 3.86. The van der Waals surface area contributed by atoms with E-state index < -0.39 is 35.3 Å². The molecule has 1 atom stereocenters. The molecule has 2 aromatic heterocycles. The van der Waals surface area contributed by atoms with Gasteiger partial charge in [0.25, 0.3) is 12.0 Å². The zero-order valence-electron chi connectivity index (χ0n) is 18.9. The maximum Gasteiger partial charge on any atom is 0.416 e. The zero-order valence-corrected chi connectivity index (χ0v) is 18.9. The molecule has 11 heteroatoms. The lowest BCUT2D eigenvalue weighted by atomic mass is 9.97. The molecule has 1 aliphatic rings. The molecule has 182 valence electrons. The molecule has 0 unspecified atom stereocenters. The number of pyridine rings is 1. The highest BCUT2D eigenvalue weighted by Gasteiger charge is 2.54. The van der Waals surface area contributed by atoms with Crippen LogP contribution in [0.25, 0.3) is 10.9 Å². The summed E-state index contributed by atoms with van der Waals surface area (Å²) in [5.41, 5.74) is -2.50. The monoisotopic (exact) mass is 482 g/mol. The van der Waals surface area contributed by atoms with Gasteiger partial charge in [0.05, 0.1) is 24.1 Å². The van der Waals surface area contributed by atoms with Gasteiger partial charge in [0.15, 0.2) is 0 Å². The van der Waals surface area contributed by atoms with E-state index in [0.29, 0.717) is 5.56 Å². The summed E-state index contributed by atoms with van der Waals surface area (Å²) in [6, 6.07) is 3.28. The van der Waals surface area contributed by atoms with Crippen LogP contribution in [-0.2, 0) is 11.7 Å². The second-order valence-corrected chi connectivity index (χ2v) is 8.51. The molecular formula is C23H23F5N4O2. The highest BCUT2D eigenvalue weighted by molar-refractivity contribution is 5.92. The van der Waals surface area contributed by atoms with Crippen molar-refractivity contribution < 1.29 is 26.7 Å². The first kappa shape index (κ1) is 23.9. The number of halogens is 5. The van der Waals surface area contributed by atoms with E-state index in [0.717, 1.165) is 10.6 Å². The maximum atomic E-state index is 13.8. The Morgan fingerprint density at radius 1 is 1.18 bits per heavy atom. The fourth-order valence-electron chi connectivity index (χ4n) is 4.30. The van der Waals surface area contributed by atoms with E-state index in [1.807, 2.05) is 0 Å². The van der Waals surface area contributed by atoms with Crippen LogP contribution in [0.2, 0.25) is 0 Å². The molecule has 34 heavy (non-hydrogen) atoms. The van der Waals surface area contributed by atoms with Gasteiger partial charge in [0, 0.05) is 6.20 Å². The highest BCUT2D eigenvalue weighted by Crippen LogP contribution is 2.48. The van der Waals surface area contributed by atoms with Gasteiger partial charge in [-0.15, -0.1) is 0 Å². The number of hydrogen-bond donors (Lipinski definition) is 1. The topological polar surface area (TPSA) is 69.0 Å². The average molecular weight is 482 g/mol. The van der Waals surface area contributed by atoms with Crippen molar-refractivity contribution in [3.8, 4) is 5.75 Å². The summed E-state index contributed by atoms with van der Waals surface area (Å²) in [5.74, 6) is 0.276. The standard InChI is InChI=1S/C23H23F5N4O2/c1-11-14(6-5-7-16(11)23(26,27)28)12(2)29-19-15-10-32(22(8-9-22)21(24)25)20(33)18(34-4)17(15)30-13(3)31-19/h5-7,10,12,21H,8-9H2,1-4H3,(H,29,30,31)/t12-/m1/s1. The molecule has 3 aromatic rings. The number of anilines is 1. The van der Waals surface area contributed by atoms with Gasteiger partial charge in [-0.05, 0) is 50.8 Å².